The third kappa shape index (κ3) is 3.83. The van der Waals surface area contributed by atoms with Crippen LogP contribution in [0, 0.1) is 0 Å². The van der Waals surface area contributed by atoms with E-state index in [1.807, 2.05) is 29.1 Å². The zero-order valence-corrected chi connectivity index (χ0v) is 16.7. The first-order valence-corrected chi connectivity index (χ1v) is 11.5. The highest BCUT2D eigenvalue weighted by Crippen LogP contribution is 2.35. The van der Waals surface area contributed by atoms with E-state index in [1.54, 1.807) is 21.8 Å². The molecule has 138 valence electrons. The van der Waals surface area contributed by atoms with Gasteiger partial charge in [-0.15, -0.1) is 11.3 Å². The average Bonchev–Trinajstić information content (AvgIpc) is 3.33. The topological polar surface area (TPSA) is 55.2 Å². The van der Waals surface area contributed by atoms with Crippen molar-refractivity contribution in [3.8, 4) is 10.6 Å². The first kappa shape index (κ1) is 18.6. The molecule has 0 N–H and O–H groups in total. The quantitative estimate of drug-likeness (QED) is 0.675. The van der Waals surface area contributed by atoms with Gasteiger partial charge >= 0.3 is 0 Å². The highest BCUT2D eigenvalue weighted by atomic mass is 32.2. The minimum absolute atomic E-state index is 0.327. The number of sulfonamides is 1. The van der Waals surface area contributed by atoms with E-state index in [0.29, 0.717) is 29.7 Å². The molecule has 1 aliphatic carbocycles. The summed E-state index contributed by atoms with van der Waals surface area (Å²) in [4.78, 5) is 1.28. The van der Waals surface area contributed by atoms with Crippen LogP contribution in [0.25, 0.3) is 10.6 Å². The zero-order valence-electron chi connectivity index (χ0n) is 15.0. The van der Waals surface area contributed by atoms with Gasteiger partial charge in [-0.05, 0) is 30.7 Å². The number of hydrogen-bond donors (Lipinski definition) is 0. The van der Waals surface area contributed by atoms with E-state index in [4.69, 9.17) is 5.10 Å². The molecule has 2 aromatic heterocycles. The highest BCUT2D eigenvalue weighted by molar-refractivity contribution is 7.89. The van der Waals surface area contributed by atoms with E-state index in [2.05, 4.69) is 6.92 Å². The lowest BCUT2D eigenvalue weighted by Crippen LogP contribution is -2.32. The summed E-state index contributed by atoms with van der Waals surface area (Å²) in [7, 11) is -3.53. The molecule has 0 spiro atoms. The Kier molecular flexibility index (Phi) is 5.96. The molecule has 0 unspecified atom stereocenters. The van der Waals surface area contributed by atoms with Gasteiger partial charge in [0.25, 0.3) is 0 Å². The van der Waals surface area contributed by atoms with E-state index < -0.39 is 10.0 Å². The molecule has 0 aromatic carbocycles. The van der Waals surface area contributed by atoms with Crippen molar-refractivity contribution in [1.82, 2.24) is 14.1 Å². The van der Waals surface area contributed by atoms with Gasteiger partial charge in [-0.25, -0.2) is 8.42 Å². The van der Waals surface area contributed by atoms with E-state index >= 15 is 0 Å². The summed E-state index contributed by atoms with van der Waals surface area (Å²) in [5, 5.41) is 6.69. The molecular formula is C18H27N3O2S2. The lowest BCUT2D eigenvalue weighted by molar-refractivity contribution is 0.418. The van der Waals surface area contributed by atoms with Crippen LogP contribution in [0.3, 0.4) is 0 Å². The monoisotopic (exact) mass is 381 g/mol. The average molecular weight is 382 g/mol. The summed E-state index contributed by atoms with van der Waals surface area (Å²) in [5.41, 5.74) is 0.608. The molecule has 5 nitrogen and oxygen atoms in total. The van der Waals surface area contributed by atoms with E-state index in [-0.39, 0.29) is 0 Å². The normalized spacial score (nSPS) is 16.1. The van der Waals surface area contributed by atoms with Gasteiger partial charge in [-0.2, -0.15) is 9.40 Å². The van der Waals surface area contributed by atoms with Crippen molar-refractivity contribution in [3.63, 3.8) is 0 Å². The molecule has 1 aliphatic rings. The van der Waals surface area contributed by atoms with E-state index in [0.717, 1.165) is 30.6 Å². The molecule has 25 heavy (non-hydrogen) atoms. The van der Waals surface area contributed by atoms with Crippen LogP contribution in [-0.2, 0) is 10.0 Å². The maximum absolute atomic E-state index is 13.3. The Morgan fingerprint density at radius 1 is 1.32 bits per heavy atom. The molecule has 1 saturated carbocycles. The second-order valence-corrected chi connectivity index (χ2v) is 9.44. The lowest BCUT2D eigenvalue weighted by atomic mass is 10.3. The highest BCUT2D eigenvalue weighted by Gasteiger charge is 2.31. The maximum Gasteiger partial charge on any atom is 0.246 e. The van der Waals surface area contributed by atoms with E-state index in [1.165, 1.54) is 12.8 Å². The summed E-state index contributed by atoms with van der Waals surface area (Å²) in [6.45, 7) is 5.03. The Hall–Kier alpha value is -1.18. The minimum Gasteiger partial charge on any atom is -0.268 e. The van der Waals surface area contributed by atoms with Gasteiger partial charge in [0.05, 0.1) is 10.9 Å². The summed E-state index contributed by atoms with van der Waals surface area (Å²) in [5.74, 6) is 0. The van der Waals surface area contributed by atoms with Gasteiger partial charge in [-0.3, -0.25) is 4.68 Å². The third-order valence-electron chi connectivity index (χ3n) is 4.88. The fourth-order valence-electron chi connectivity index (χ4n) is 3.43. The molecule has 0 bridgehead atoms. The molecule has 0 saturated heterocycles. The molecule has 7 heteroatoms. The van der Waals surface area contributed by atoms with Gasteiger partial charge in [-0.1, -0.05) is 39.2 Å². The van der Waals surface area contributed by atoms with Gasteiger partial charge < -0.3 is 0 Å². The molecule has 0 aliphatic heterocycles. The van der Waals surface area contributed by atoms with Crippen LogP contribution in [0.1, 0.15) is 58.4 Å². The van der Waals surface area contributed by atoms with Crippen LogP contribution in [0.2, 0.25) is 0 Å². The van der Waals surface area contributed by atoms with Gasteiger partial charge in [0.1, 0.15) is 10.6 Å². The number of rotatable bonds is 8. The third-order valence-corrected chi connectivity index (χ3v) is 7.74. The van der Waals surface area contributed by atoms with Crippen LogP contribution in [0.5, 0.6) is 0 Å². The SMILES string of the molecule is CCCCN(CC)S(=O)(=O)c1cn(C2CCCC2)nc1-c1cccs1. The molecular weight excluding hydrogens is 354 g/mol. The summed E-state index contributed by atoms with van der Waals surface area (Å²) < 4.78 is 30.1. The Labute approximate surface area is 154 Å². The maximum atomic E-state index is 13.3. The number of nitrogens with zero attached hydrogens (tertiary/aromatic N) is 3. The van der Waals surface area contributed by atoms with E-state index in [9.17, 15) is 8.42 Å². The van der Waals surface area contributed by atoms with Gasteiger partial charge in [0.2, 0.25) is 10.0 Å². The standard InChI is InChI=1S/C18H27N3O2S2/c1-3-5-12-20(4-2)25(22,23)17-14-21(15-9-6-7-10-15)19-18(17)16-11-8-13-24-16/h8,11,13-15H,3-7,9-10,12H2,1-2H3. The van der Waals surface area contributed by atoms with Crippen molar-refractivity contribution in [2.45, 2.75) is 63.3 Å². The lowest BCUT2D eigenvalue weighted by Gasteiger charge is -2.19. The first-order valence-electron chi connectivity index (χ1n) is 9.21. The van der Waals surface area contributed by atoms with Crippen LogP contribution in [-0.4, -0.2) is 35.6 Å². The minimum atomic E-state index is -3.53. The molecule has 0 radical (unpaired) electrons. The van der Waals surface area contributed by atoms with Crippen molar-refractivity contribution in [3.05, 3.63) is 23.7 Å². The summed E-state index contributed by atoms with van der Waals surface area (Å²) in [6.07, 6.45) is 8.17. The van der Waals surface area contributed by atoms with Crippen molar-refractivity contribution < 1.29 is 8.42 Å². The number of hydrogen-bond acceptors (Lipinski definition) is 4. The molecule has 0 atom stereocenters. The molecule has 1 fully saturated rings. The second kappa shape index (κ2) is 8.01. The zero-order chi connectivity index (χ0) is 17.9. The predicted octanol–water partition coefficient (Wildman–Crippen LogP) is 4.54. The van der Waals surface area contributed by atoms with Crippen molar-refractivity contribution in [2.75, 3.05) is 13.1 Å². The molecule has 0 amide bonds. The van der Waals surface area contributed by atoms with Gasteiger partial charge in [0, 0.05) is 19.3 Å². The van der Waals surface area contributed by atoms with Crippen LogP contribution in [0.4, 0.5) is 0 Å². The van der Waals surface area contributed by atoms with Crippen molar-refractivity contribution in [1.29, 1.82) is 0 Å². The summed E-state index contributed by atoms with van der Waals surface area (Å²) >= 11 is 1.54. The second-order valence-electron chi connectivity index (χ2n) is 6.59. The summed E-state index contributed by atoms with van der Waals surface area (Å²) in [6, 6.07) is 4.22. The number of thiophene rings is 1. The Bertz CT molecular complexity index is 775. The largest absolute Gasteiger partial charge is 0.268 e. The van der Waals surface area contributed by atoms with Crippen LogP contribution in [0.15, 0.2) is 28.6 Å². The number of aromatic nitrogens is 2. The molecule has 2 aromatic rings. The van der Waals surface area contributed by atoms with Crippen LogP contribution < -0.4 is 0 Å². The van der Waals surface area contributed by atoms with Crippen molar-refractivity contribution in [2.24, 2.45) is 0 Å². The van der Waals surface area contributed by atoms with Crippen LogP contribution >= 0.6 is 11.3 Å². The first-order chi connectivity index (χ1) is 12.1. The Morgan fingerprint density at radius 2 is 2.08 bits per heavy atom. The fraction of sp³-hybridized carbons (Fsp3) is 0.611. The fourth-order valence-corrected chi connectivity index (χ4v) is 5.84. The molecule has 3 rings (SSSR count). The van der Waals surface area contributed by atoms with Crippen molar-refractivity contribution >= 4 is 21.4 Å². The Morgan fingerprint density at radius 3 is 2.68 bits per heavy atom. The smallest absolute Gasteiger partial charge is 0.246 e. The van der Waals surface area contributed by atoms with Gasteiger partial charge in [0.15, 0.2) is 0 Å². The number of unbranched alkanes of at least 4 members (excludes halogenated alkanes) is 1. The molecule has 2 heterocycles. The predicted molar refractivity (Wildman–Crippen MR) is 102 cm³/mol. The Balaban J connectivity index is 2.03.